The highest BCUT2D eigenvalue weighted by Gasteiger charge is 2.20. The first-order chi connectivity index (χ1) is 7.33. The number of benzene rings is 1. The van der Waals surface area contributed by atoms with Gasteiger partial charge in [0.2, 0.25) is 0 Å². The quantitative estimate of drug-likeness (QED) is 0.718. The molecular formula is C13H14FN. The van der Waals surface area contributed by atoms with Crippen molar-refractivity contribution in [1.29, 1.82) is 0 Å². The predicted molar refractivity (Wildman–Crippen MR) is 59.2 cm³/mol. The molecular weight excluding hydrogens is 189 g/mol. The lowest BCUT2D eigenvalue weighted by atomic mass is 10.2. The van der Waals surface area contributed by atoms with Gasteiger partial charge in [-0.1, -0.05) is 12.8 Å². The third kappa shape index (κ3) is 1.76. The van der Waals surface area contributed by atoms with E-state index in [-0.39, 0.29) is 5.82 Å². The highest BCUT2D eigenvalue weighted by Crippen LogP contribution is 2.33. The van der Waals surface area contributed by atoms with Crippen molar-refractivity contribution in [2.24, 2.45) is 5.92 Å². The van der Waals surface area contributed by atoms with Crippen LogP contribution in [0.4, 0.5) is 4.39 Å². The molecule has 15 heavy (non-hydrogen) atoms. The van der Waals surface area contributed by atoms with Crippen LogP contribution in [0.1, 0.15) is 19.3 Å². The number of hydrogen-bond donors (Lipinski definition) is 0. The summed E-state index contributed by atoms with van der Waals surface area (Å²) in [6.45, 7) is 1.07. The molecule has 0 amide bonds. The second-order valence-electron chi connectivity index (χ2n) is 4.44. The molecule has 0 unspecified atom stereocenters. The molecule has 1 nitrogen and oxygen atoms in total. The summed E-state index contributed by atoms with van der Waals surface area (Å²) in [5, 5.41) is 1.01. The molecule has 0 N–H and O–H groups in total. The zero-order valence-electron chi connectivity index (χ0n) is 8.62. The number of nitrogens with zero attached hydrogens (tertiary/aromatic N) is 1. The summed E-state index contributed by atoms with van der Waals surface area (Å²) in [4.78, 5) is 0. The first-order valence-electron chi connectivity index (χ1n) is 5.57. The Bertz CT molecular complexity index is 482. The fourth-order valence-corrected chi connectivity index (χ4v) is 2.09. The van der Waals surface area contributed by atoms with E-state index in [4.69, 9.17) is 0 Å². The maximum absolute atomic E-state index is 13.0. The summed E-state index contributed by atoms with van der Waals surface area (Å²) in [5.41, 5.74) is 1.15. The van der Waals surface area contributed by atoms with E-state index in [1.54, 1.807) is 6.07 Å². The molecule has 0 atom stereocenters. The van der Waals surface area contributed by atoms with E-state index in [2.05, 4.69) is 10.8 Å². The zero-order valence-corrected chi connectivity index (χ0v) is 8.62. The zero-order chi connectivity index (χ0) is 10.3. The van der Waals surface area contributed by atoms with Gasteiger partial charge < -0.3 is 4.57 Å². The van der Waals surface area contributed by atoms with Crippen molar-refractivity contribution in [2.45, 2.75) is 25.8 Å². The van der Waals surface area contributed by atoms with Crippen LogP contribution in [0.25, 0.3) is 10.9 Å². The largest absolute Gasteiger partial charge is 0.347 e. The highest BCUT2D eigenvalue weighted by atomic mass is 19.1. The second-order valence-corrected chi connectivity index (χ2v) is 4.44. The Kier molecular flexibility index (Phi) is 2.01. The van der Waals surface area contributed by atoms with Gasteiger partial charge in [-0.15, -0.1) is 0 Å². The molecule has 1 saturated carbocycles. The maximum Gasteiger partial charge on any atom is 0.123 e. The first-order valence-corrected chi connectivity index (χ1v) is 5.57. The Balaban J connectivity index is 1.89. The van der Waals surface area contributed by atoms with Gasteiger partial charge in [0, 0.05) is 23.6 Å². The van der Waals surface area contributed by atoms with Crippen LogP contribution in [0.5, 0.6) is 0 Å². The van der Waals surface area contributed by atoms with Crippen LogP contribution in [-0.2, 0) is 6.54 Å². The van der Waals surface area contributed by atoms with Crippen LogP contribution in [0.3, 0.4) is 0 Å². The summed E-state index contributed by atoms with van der Waals surface area (Å²) in [6.07, 6.45) is 6.12. The van der Waals surface area contributed by atoms with Gasteiger partial charge >= 0.3 is 0 Å². The van der Waals surface area contributed by atoms with Gasteiger partial charge in [0.25, 0.3) is 0 Å². The third-order valence-electron chi connectivity index (χ3n) is 3.21. The van der Waals surface area contributed by atoms with E-state index >= 15 is 0 Å². The van der Waals surface area contributed by atoms with Crippen molar-refractivity contribution >= 4 is 10.9 Å². The summed E-state index contributed by atoms with van der Waals surface area (Å²) in [7, 11) is 0. The second kappa shape index (κ2) is 3.37. The van der Waals surface area contributed by atoms with Crippen molar-refractivity contribution in [1.82, 2.24) is 4.57 Å². The molecule has 2 aromatic rings. The maximum atomic E-state index is 13.0. The Morgan fingerprint density at radius 3 is 2.93 bits per heavy atom. The Hall–Kier alpha value is -1.31. The molecule has 3 rings (SSSR count). The molecule has 2 heteroatoms. The number of fused-ring (bicyclic) bond motifs is 1. The van der Waals surface area contributed by atoms with Gasteiger partial charge in [-0.05, 0) is 36.6 Å². The Labute approximate surface area is 88.5 Å². The van der Waals surface area contributed by atoms with Gasteiger partial charge in [-0.25, -0.2) is 4.39 Å². The number of halogens is 1. The lowest BCUT2D eigenvalue weighted by molar-refractivity contribution is 0.610. The minimum absolute atomic E-state index is 0.151. The van der Waals surface area contributed by atoms with Crippen LogP contribution in [0.2, 0.25) is 0 Å². The number of aromatic nitrogens is 1. The molecule has 0 radical (unpaired) electrons. The predicted octanol–water partition coefficient (Wildman–Crippen LogP) is 3.58. The lowest BCUT2D eigenvalue weighted by Gasteiger charge is -2.04. The van der Waals surface area contributed by atoms with E-state index < -0.39 is 0 Å². The van der Waals surface area contributed by atoms with Gasteiger partial charge in [0.05, 0.1) is 0 Å². The van der Waals surface area contributed by atoms with Crippen LogP contribution in [0.15, 0.2) is 30.5 Å². The Morgan fingerprint density at radius 2 is 2.13 bits per heavy atom. The van der Waals surface area contributed by atoms with E-state index in [9.17, 15) is 4.39 Å². The topological polar surface area (TPSA) is 4.93 Å². The lowest BCUT2D eigenvalue weighted by Crippen LogP contribution is -1.96. The summed E-state index contributed by atoms with van der Waals surface area (Å²) < 4.78 is 15.2. The molecule has 1 aliphatic rings. The van der Waals surface area contributed by atoms with Gasteiger partial charge in [-0.2, -0.15) is 0 Å². The fourth-order valence-electron chi connectivity index (χ4n) is 2.09. The molecule has 0 bridgehead atoms. The molecule has 0 spiro atoms. The van der Waals surface area contributed by atoms with Crippen LogP contribution in [0, 0.1) is 11.7 Å². The first kappa shape index (κ1) is 8.96. The molecule has 1 aromatic carbocycles. The smallest absolute Gasteiger partial charge is 0.123 e. The molecule has 78 valence electrons. The third-order valence-corrected chi connectivity index (χ3v) is 3.21. The van der Waals surface area contributed by atoms with E-state index in [1.165, 1.54) is 25.3 Å². The monoisotopic (exact) mass is 203 g/mol. The highest BCUT2D eigenvalue weighted by molar-refractivity contribution is 5.80. The Morgan fingerprint density at radius 1 is 1.27 bits per heavy atom. The van der Waals surface area contributed by atoms with E-state index in [0.29, 0.717) is 0 Å². The van der Waals surface area contributed by atoms with Crippen LogP contribution in [-0.4, -0.2) is 4.57 Å². The van der Waals surface area contributed by atoms with Gasteiger partial charge in [0.15, 0.2) is 0 Å². The minimum Gasteiger partial charge on any atom is -0.347 e. The normalized spacial score (nSPS) is 16.1. The molecule has 0 saturated heterocycles. The van der Waals surface area contributed by atoms with Gasteiger partial charge in [-0.3, -0.25) is 0 Å². The average Bonchev–Trinajstić information content (AvgIpc) is 2.97. The SMILES string of the molecule is Fc1ccc2c(ccn2CCC2CC2)c1. The summed E-state index contributed by atoms with van der Waals surface area (Å²) in [5.74, 6) is 0.797. The van der Waals surface area contributed by atoms with Crippen molar-refractivity contribution < 1.29 is 4.39 Å². The summed E-state index contributed by atoms with van der Waals surface area (Å²) in [6, 6.07) is 7.00. The average molecular weight is 203 g/mol. The fraction of sp³-hybridized carbons (Fsp3) is 0.385. The molecule has 1 fully saturated rings. The molecule has 1 aliphatic carbocycles. The van der Waals surface area contributed by atoms with Gasteiger partial charge in [0.1, 0.15) is 5.82 Å². The van der Waals surface area contributed by atoms with E-state index in [0.717, 1.165) is 23.4 Å². The number of rotatable bonds is 3. The standard InChI is InChI=1S/C13H14FN/c14-12-3-4-13-11(9-12)6-8-15(13)7-5-10-1-2-10/h3-4,6,8-10H,1-2,5,7H2. The van der Waals surface area contributed by atoms with Crippen LogP contribution >= 0.6 is 0 Å². The molecule has 1 aromatic heterocycles. The molecule has 1 heterocycles. The van der Waals surface area contributed by atoms with Crippen LogP contribution < -0.4 is 0 Å². The molecule has 0 aliphatic heterocycles. The van der Waals surface area contributed by atoms with Crippen molar-refractivity contribution in [3.05, 3.63) is 36.3 Å². The van der Waals surface area contributed by atoms with E-state index in [1.807, 2.05) is 12.1 Å². The van der Waals surface area contributed by atoms with Crippen molar-refractivity contribution in [3.8, 4) is 0 Å². The summed E-state index contributed by atoms with van der Waals surface area (Å²) >= 11 is 0. The number of aryl methyl sites for hydroxylation is 1. The van der Waals surface area contributed by atoms with Crippen molar-refractivity contribution in [2.75, 3.05) is 0 Å². The van der Waals surface area contributed by atoms with Crippen molar-refractivity contribution in [3.63, 3.8) is 0 Å². The minimum atomic E-state index is -0.151. The number of hydrogen-bond acceptors (Lipinski definition) is 0.